The summed E-state index contributed by atoms with van der Waals surface area (Å²) in [6.45, 7) is 7.79. The molecule has 1 aromatic rings. The molecule has 0 aliphatic heterocycles. The molecular weight excluding hydrogens is 270 g/mol. The summed E-state index contributed by atoms with van der Waals surface area (Å²) in [6.07, 6.45) is 0.406. The van der Waals surface area contributed by atoms with Crippen LogP contribution in [0, 0.1) is 26.7 Å². The largest absolute Gasteiger partial charge is 0.483 e. The molecular formula is C16H23NO4. The predicted octanol–water partition coefficient (Wildman–Crippen LogP) is 2.22. The van der Waals surface area contributed by atoms with Crippen molar-refractivity contribution in [2.75, 3.05) is 13.2 Å². The van der Waals surface area contributed by atoms with E-state index in [0.717, 1.165) is 22.4 Å². The third-order valence-electron chi connectivity index (χ3n) is 3.27. The first kappa shape index (κ1) is 17.0. The summed E-state index contributed by atoms with van der Waals surface area (Å²) < 4.78 is 5.56. The Balaban J connectivity index is 2.42. The maximum absolute atomic E-state index is 11.7. The Hall–Kier alpha value is -2.04. The molecule has 0 aromatic heterocycles. The highest BCUT2D eigenvalue weighted by Gasteiger charge is 2.12. The number of benzene rings is 1. The molecule has 1 rings (SSSR count). The maximum atomic E-state index is 11.7. The number of hydrogen-bond donors (Lipinski definition) is 2. The zero-order valence-corrected chi connectivity index (χ0v) is 13.0. The molecule has 21 heavy (non-hydrogen) atoms. The van der Waals surface area contributed by atoms with Gasteiger partial charge in [-0.2, -0.15) is 0 Å². The average Bonchev–Trinajstić information content (AvgIpc) is 2.37. The molecule has 0 bridgehead atoms. The smallest absolute Gasteiger partial charge is 0.306 e. The summed E-state index contributed by atoms with van der Waals surface area (Å²) in [4.78, 5) is 22.3. The van der Waals surface area contributed by atoms with E-state index >= 15 is 0 Å². The number of nitrogens with one attached hydrogen (secondary N) is 1. The van der Waals surface area contributed by atoms with Gasteiger partial charge in [-0.15, -0.1) is 0 Å². The van der Waals surface area contributed by atoms with Crippen molar-refractivity contribution in [2.24, 2.45) is 5.92 Å². The van der Waals surface area contributed by atoms with Crippen LogP contribution >= 0.6 is 0 Å². The molecule has 5 nitrogen and oxygen atoms in total. The van der Waals surface area contributed by atoms with Crippen molar-refractivity contribution in [1.29, 1.82) is 0 Å². The number of amides is 1. The quantitative estimate of drug-likeness (QED) is 0.808. The lowest BCUT2D eigenvalue weighted by molar-refractivity contribution is -0.141. The van der Waals surface area contributed by atoms with E-state index in [2.05, 4.69) is 5.32 Å². The molecule has 0 fully saturated rings. The molecule has 5 heteroatoms. The van der Waals surface area contributed by atoms with E-state index in [0.29, 0.717) is 13.0 Å². The number of ether oxygens (including phenoxy) is 1. The Labute approximate surface area is 125 Å². The summed E-state index contributed by atoms with van der Waals surface area (Å²) in [5, 5.41) is 11.4. The van der Waals surface area contributed by atoms with E-state index in [4.69, 9.17) is 9.84 Å². The van der Waals surface area contributed by atoms with E-state index in [1.54, 1.807) is 6.92 Å². The van der Waals surface area contributed by atoms with Crippen LogP contribution in [-0.4, -0.2) is 30.1 Å². The van der Waals surface area contributed by atoms with Gasteiger partial charge in [-0.25, -0.2) is 0 Å². The lowest BCUT2D eigenvalue weighted by atomic mass is 10.1. The van der Waals surface area contributed by atoms with Crippen molar-refractivity contribution >= 4 is 11.9 Å². The van der Waals surface area contributed by atoms with Gasteiger partial charge in [0.05, 0.1) is 5.92 Å². The highest BCUT2D eigenvalue weighted by molar-refractivity contribution is 5.77. The Kier molecular flexibility index (Phi) is 6.21. The van der Waals surface area contributed by atoms with Crippen LogP contribution in [0.5, 0.6) is 5.75 Å². The Morgan fingerprint density at radius 2 is 1.81 bits per heavy atom. The number of carboxylic acid groups (broad SMARTS) is 1. The van der Waals surface area contributed by atoms with Gasteiger partial charge >= 0.3 is 5.97 Å². The number of carbonyl (C=O) groups excluding carboxylic acids is 1. The summed E-state index contributed by atoms with van der Waals surface area (Å²) in [7, 11) is 0. The summed E-state index contributed by atoms with van der Waals surface area (Å²) >= 11 is 0. The van der Waals surface area contributed by atoms with Crippen molar-refractivity contribution in [3.63, 3.8) is 0 Å². The van der Waals surface area contributed by atoms with Gasteiger partial charge in [0, 0.05) is 6.54 Å². The van der Waals surface area contributed by atoms with Crippen LogP contribution in [0.2, 0.25) is 0 Å². The number of aryl methyl sites for hydroxylation is 3. The standard InChI is InChI=1S/C16H23NO4/c1-10-7-12(3)15(13(4)8-10)21-9-14(18)17-6-5-11(2)16(19)20/h7-8,11H,5-6,9H2,1-4H3,(H,17,18)(H,19,20). The zero-order valence-electron chi connectivity index (χ0n) is 13.0. The first-order valence-electron chi connectivity index (χ1n) is 7.01. The molecule has 0 aliphatic rings. The van der Waals surface area contributed by atoms with Crippen LogP contribution in [0.4, 0.5) is 0 Å². The van der Waals surface area contributed by atoms with Crippen LogP contribution in [0.3, 0.4) is 0 Å². The van der Waals surface area contributed by atoms with Gasteiger partial charge < -0.3 is 15.2 Å². The molecule has 0 heterocycles. The molecule has 1 aromatic carbocycles. The number of hydrogen-bond acceptors (Lipinski definition) is 3. The second-order valence-electron chi connectivity index (χ2n) is 5.39. The van der Waals surface area contributed by atoms with E-state index in [1.807, 2.05) is 32.9 Å². The van der Waals surface area contributed by atoms with Crippen molar-refractivity contribution in [1.82, 2.24) is 5.32 Å². The van der Waals surface area contributed by atoms with Crippen LogP contribution in [-0.2, 0) is 9.59 Å². The number of carboxylic acids is 1. The first-order chi connectivity index (χ1) is 9.81. The summed E-state index contributed by atoms with van der Waals surface area (Å²) in [5.74, 6) is -0.833. The average molecular weight is 293 g/mol. The minimum Gasteiger partial charge on any atom is -0.483 e. The van der Waals surface area contributed by atoms with Crippen LogP contribution in [0.15, 0.2) is 12.1 Å². The maximum Gasteiger partial charge on any atom is 0.306 e. The Morgan fingerprint density at radius 1 is 1.24 bits per heavy atom. The predicted molar refractivity (Wildman–Crippen MR) is 80.6 cm³/mol. The molecule has 1 atom stereocenters. The second kappa shape index (κ2) is 7.67. The van der Waals surface area contributed by atoms with Crippen molar-refractivity contribution in [3.05, 3.63) is 28.8 Å². The van der Waals surface area contributed by atoms with Gasteiger partial charge in [0.25, 0.3) is 5.91 Å². The Morgan fingerprint density at radius 3 is 2.33 bits per heavy atom. The van der Waals surface area contributed by atoms with Gasteiger partial charge in [0.2, 0.25) is 0 Å². The molecule has 0 saturated heterocycles. The normalized spacial score (nSPS) is 11.8. The SMILES string of the molecule is Cc1cc(C)c(OCC(=O)NCCC(C)C(=O)O)c(C)c1. The summed E-state index contributed by atoms with van der Waals surface area (Å²) in [5.41, 5.74) is 3.16. The highest BCUT2D eigenvalue weighted by atomic mass is 16.5. The van der Waals surface area contributed by atoms with Crippen LogP contribution in [0.25, 0.3) is 0 Å². The molecule has 0 saturated carbocycles. The molecule has 116 valence electrons. The minimum absolute atomic E-state index is 0.0633. The Bertz CT molecular complexity index is 502. The van der Waals surface area contributed by atoms with Crippen LogP contribution < -0.4 is 10.1 Å². The lowest BCUT2D eigenvalue weighted by Crippen LogP contribution is -2.31. The molecule has 1 amide bonds. The van der Waals surface area contributed by atoms with Gasteiger partial charge in [0.1, 0.15) is 5.75 Å². The first-order valence-corrected chi connectivity index (χ1v) is 7.01. The fourth-order valence-corrected chi connectivity index (χ4v) is 2.13. The highest BCUT2D eigenvalue weighted by Crippen LogP contribution is 2.24. The van der Waals surface area contributed by atoms with E-state index < -0.39 is 11.9 Å². The monoisotopic (exact) mass is 293 g/mol. The van der Waals surface area contributed by atoms with Crippen molar-refractivity contribution in [2.45, 2.75) is 34.1 Å². The fourth-order valence-electron chi connectivity index (χ4n) is 2.13. The number of carbonyl (C=O) groups is 2. The summed E-state index contributed by atoms with van der Waals surface area (Å²) in [6, 6.07) is 4.02. The number of rotatable bonds is 7. The van der Waals surface area contributed by atoms with Gasteiger partial charge in [-0.05, 0) is 38.3 Å². The molecule has 1 unspecified atom stereocenters. The van der Waals surface area contributed by atoms with Crippen LogP contribution in [0.1, 0.15) is 30.0 Å². The second-order valence-corrected chi connectivity index (χ2v) is 5.39. The van der Waals surface area contributed by atoms with E-state index in [9.17, 15) is 9.59 Å². The van der Waals surface area contributed by atoms with Crippen molar-refractivity contribution in [3.8, 4) is 5.75 Å². The minimum atomic E-state index is -0.855. The zero-order chi connectivity index (χ0) is 16.0. The number of aliphatic carboxylic acids is 1. The van der Waals surface area contributed by atoms with Gasteiger partial charge in [-0.3, -0.25) is 9.59 Å². The molecule has 0 aliphatic carbocycles. The molecule has 0 radical (unpaired) electrons. The van der Waals surface area contributed by atoms with Crippen molar-refractivity contribution < 1.29 is 19.4 Å². The van der Waals surface area contributed by atoms with Gasteiger partial charge in [0.15, 0.2) is 6.61 Å². The fraction of sp³-hybridized carbons (Fsp3) is 0.500. The third kappa shape index (κ3) is 5.45. The lowest BCUT2D eigenvalue weighted by Gasteiger charge is -2.13. The molecule has 2 N–H and O–H groups in total. The van der Waals surface area contributed by atoms with E-state index in [-0.39, 0.29) is 12.5 Å². The molecule has 0 spiro atoms. The van der Waals surface area contributed by atoms with Gasteiger partial charge in [-0.1, -0.05) is 24.6 Å². The van der Waals surface area contributed by atoms with E-state index in [1.165, 1.54) is 0 Å². The topological polar surface area (TPSA) is 75.6 Å². The third-order valence-corrected chi connectivity index (χ3v) is 3.27.